The van der Waals surface area contributed by atoms with E-state index in [0.717, 1.165) is 48.7 Å². The van der Waals surface area contributed by atoms with Crippen LogP contribution in [0.15, 0.2) is 37.1 Å². The lowest BCUT2D eigenvalue weighted by atomic mass is 9.97. The molecule has 2 aromatic heterocycles. The molecule has 1 saturated heterocycles. The largest absolute Gasteiger partial charge is 0.342 e. The Morgan fingerprint density at radius 1 is 1.35 bits per heavy atom. The molecular weight excluding hydrogens is 322 g/mol. The number of allylic oxidation sites excluding steroid dienone is 1. The minimum absolute atomic E-state index is 0.471. The van der Waals surface area contributed by atoms with Crippen LogP contribution in [0.2, 0.25) is 0 Å². The highest BCUT2D eigenvalue weighted by Crippen LogP contribution is 2.28. The highest BCUT2D eigenvalue weighted by Gasteiger charge is 2.24. The number of piperidine rings is 1. The van der Waals surface area contributed by atoms with Gasteiger partial charge in [-0.25, -0.2) is 4.98 Å². The van der Waals surface area contributed by atoms with Crippen molar-refractivity contribution in [3.63, 3.8) is 0 Å². The fraction of sp³-hybridized carbons (Fsp3) is 0.429. The second kappa shape index (κ2) is 7.08. The van der Waals surface area contributed by atoms with Gasteiger partial charge in [-0.15, -0.1) is 6.58 Å². The monoisotopic (exact) mass is 349 g/mol. The second-order valence-corrected chi connectivity index (χ2v) is 7.42. The van der Waals surface area contributed by atoms with Gasteiger partial charge in [-0.2, -0.15) is 5.10 Å². The van der Waals surface area contributed by atoms with E-state index in [2.05, 4.69) is 59.8 Å². The first-order chi connectivity index (χ1) is 12.6. The van der Waals surface area contributed by atoms with Gasteiger partial charge in [0.05, 0.1) is 23.3 Å². The predicted molar refractivity (Wildman–Crippen MR) is 105 cm³/mol. The van der Waals surface area contributed by atoms with E-state index in [-0.39, 0.29) is 0 Å². The van der Waals surface area contributed by atoms with Crippen molar-refractivity contribution >= 4 is 11.0 Å². The van der Waals surface area contributed by atoms with Crippen molar-refractivity contribution in [2.24, 2.45) is 0 Å². The van der Waals surface area contributed by atoms with E-state index in [9.17, 15) is 0 Å². The second-order valence-electron chi connectivity index (χ2n) is 7.42. The maximum absolute atomic E-state index is 4.91. The van der Waals surface area contributed by atoms with Crippen molar-refractivity contribution < 1.29 is 0 Å². The van der Waals surface area contributed by atoms with E-state index in [0.29, 0.717) is 5.92 Å². The van der Waals surface area contributed by atoms with Gasteiger partial charge in [-0.3, -0.25) is 9.58 Å². The van der Waals surface area contributed by atoms with E-state index in [1.54, 1.807) is 0 Å². The van der Waals surface area contributed by atoms with Crippen LogP contribution < -0.4 is 0 Å². The number of rotatable bonds is 5. The Hall–Kier alpha value is -2.40. The summed E-state index contributed by atoms with van der Waals surface area (Å²) in [6, 6.07) is 6.34. The number of hydrogen-bond acceptors (Lipinski definition) is 3. The predicted octanol–water partition coefficient (Wildman–Crippen LogP) is 3.94. The number of nitrogens with zero attached hydrogens (tertiary/aromatic N) is 4. The van der Waals surface area contributed by atoms with Gasteiger partial charge < -0.3 is 4.98 Å². The van der Waals surface area contributed by atoms with Crippen molar-refractivity contribution in [3.8, 4) is 0 Å². The van der Waals surface area contributed by atoms with Gasteiger partial charge in [-0.1, -0.05) is 18.2 Å². The summed E-state index contributed by atoms with van der Waals surface area (Å²) in [6.45, 7) is 11.9. The number of fused-ring (bicyclic) bond motifs is 1. The molecule has 0 saturated carbocycles. The molecule has 0 aliphatic carbocycles. The standard InChI is InChI=1S/C21H27N5/c1-4-10-26-14-18(16(3)24-26)13-25-11-6-8-17(12-25)21-22-19-9-5-7-15(2)20(19)23-21/h4-5,7,9,14,17H,1,6,8,10-13H2,2-3H3,(H,22,23)/t17-/m1/s1. The summed E-state index contributed by atoms with van der Waals surface area (Å²) in [6.07, 6.45) is 6.45. The Labute approximate surface area is 154 Å². The minimum Gasteiger partial charge on any atom is -0.342 e. The Morgan fingerprint density at radius 3 is 3.04 bits per heavy atom. The maximum Gasteiger partial charge on any atom is 0.111 e. The molecule has 136 valence electrons. The van der Waals surface area contributed by atoms with Gasteiger partial charge in [0.25, 0.3) is 0 Å². The van der Waals surface area contributed by atoms with Gasteiger partial charge in [0.2, 0.25) is 0 Å². The first kappa shape index (κ1) is 17.0. The number of para-hydroxylation sites is 1. The number of hydrogen-bond donors (Lipinski definition) is 1. The SMILES string of the molecule is C=CCn1cc(CN2CCC[C@@H](c3nc4c(C)cccc4[nH]3)C2)c(C)n1. The summed E-state index contributed by atoms with van der Waals surface area (Å²) < 4.78 is 1.97. The van der Waals surface area contributed by atoms with E-state index in [1.165, 1.54) is 24.0 Å². The number of nitrogens with one attached hydrogen (secondary N) is 1. The van der Waals surface area contributed by atoms with Crippen LogP contribution in [0.3, 0.4) is 0 Å². The molecule has 0 spiro atoms. The number of aromatic nitrogens is 4. The van der Waals surface area contributed by atoms with Crippen molar-refractivity contribution in [2.45, 2.75) is 45.7 Å². The van der Waals surface area contributed by atoms with Crippen molar-refractivity contribution in [2.75, 3.05) is 13.1 Å². The van der Waals surface area contributed by atoms with E-state index in [4.69, 9.17) is 4.98 Å². The van der Waals surface area contributed by atoms with Crippen LogP contribution in [0.1, 0.15) is 41.4 Å². The summed E-state index contributed by atoms with van der Waals surface area (Å²) in [5, 5.41) is 4.58. The number of aromatic amines is 1. The molecule has 3 heterocycles. The Kier molecular flexibility index (Phi) is 4.64. The third kappa shape index (κ3) is 3.31. The van der Waals surface area contributed by atoms with Gasteiger partial charge in [-0.05, 0) is 44.9 Å². The smallest absolute Gasteiger partial charge is 0.111 e. The molecule has 0 radical (unpaired) electrons. The summed E-state index contributed by atoms with van der Waals surface area (Å²) >= 11 is 0. The Morgan fingerprint density at radius 2 is 2.23 bits per heavy atom. The van der Waals surface area contributed by atoms with Gasteiger partial charge in [0, 0.05) is 30.8 Å². The summed E-state index contributed by atoms with van der Waals surface area (Å²) in [4.78, 5) is 11.0. The molecule has 0 unspecified atom stereocenters. The number of benzene rings is 1. The zero-order valence-electron chi connectivity index (χ0n) is 15.7. The van der Waals surface area contributed by atoms with Gasteiger partial charge in [0.15, 0.2) is 0 Å². The fourth-order valence-corrected chi connectivity index (χ4v) is 3.99. The van der Waals surface area contributed by atoms with E-state index < -0.39 is 0 Å². The quantitative estimate of drug-likeness (QED) is 0.710. The molecule has 1 aromatic carbocycles. The van der Waals surface area contributed by atoms with Crippen LogP contribution >= 0.6 is 0 Å². The highest BCUT2D eigenvalue weighted by atomic mass is 15.3. The zero-order valence-corrected chi connectivity index (χ0v) is 15.7. The third-order valence-corrected chi connectivity index (χ3v) is 5.38. The average molecular weight is 349 g/mol. The highest BCUT2D eigenvalue weighted by molar-refractivity contribution is 5.78. The fourth-order valence-electron chi connectivity index (χ4n) is 3.99. The molecule has 4 rings (SSSR count). The Bertz CT molecular complexity index is 920. The van der Waals surface area contributed by atoms with Crippen LogP contribution in [0.25, 0.3) is 11.0 Å². The molecule has 0 bridgehead atoms. The molecular formula is C21H27N5. The van der Waals surface area contributed by atoms with Crippen LogP contribution in [-0.2, 0) is 13.1 Å². The van der Waals surface area contributed by atoms with Crippen LogP contribution in [0, 0.1) is 13.8 Å². The molecule has 5 heteroatoms. The lowest BCUT2D eigenvalue weighted by Crippen LogP contribution is -2.34. The zero-order chi connectivity index (χ0) is 18.1. The van der Waals surface area contributed by atoms with Crippen molar-refractivity contribution in [1.29, 1.82) is 0 Å². The molecule has 0 amide bonds. The summed E-state index contributed by atoms with van der Waals surface area (Å²) in [5.74, 6) is 1.61. The van der Waals surface area contributed by atoms with Crippen molar-refractivity contribution in [1.82, 2.24) is 24.6 Å². The van der Waals surface area contributed by atoms with Crippen LogP contribution in [-0.4, -0.2) is 37.7 Å². The number of likely N-dealkylation sites (tertiary alicyclic amines) is 1. The van der Waals surface area contributed by atoms with Crippen LogP contribution in [0.5, 0.6) is 0 Å². The third-order valence-electron chi connectivity index (χ3n) is 5.38. The van der Waals surface area contributed by atoms with E-state index in [1.807, 2.05) is 10.8 Å². The van der Waals surface area contributed by atoms with Gasteiger partial charge in [0.1, 0.15) is 5.82 Å². The average Bonchev–Trinajstić information content (AvgIpc) is 3.21. The molecule has 1 aliphatic heterocycles. The molecule has 3 aromatic rings. The van der Waals surface area contributed by atoms with E-state index >= 15 is 0 Å². The Balaban J connectivity index is 1.50. The minimum atomic E-state index is 0.471. The molecule has 1 fully saturated rings. The van der Waals surface area contributed by atoms with Crippen LogP contribution in [0.4, 0.5) is 0 Å². The van der Waals surface area contributed by atoms with Gasteiger partial charge >= 0.3 is 0 Å². The lowest BCUT2D eigenvalue weighted by molar-refractivity contribution is 0.197. The molecule has 1 aliphatic rings. The number of aryl methyl sites for hydroxylation is 2. The normalized spacial score (nSPS) is 18.5. The molecule has 26 heavy (non-hydrogen) atoms. The summed E-state index contributed by atoms with van der Waals surface area (Å²) in [5.41, 5.74) is 5.93. The lowest BCUT2D eigenvalue weighted by Gasteiger charge is -2.31. The first-order valence-electron chi connectivity index (χ1n) is 9.45. The number of H-pyrrole nitrogens is 1. The molecule has 1 N–H and O–H groups in total. The number of imidazole rings is 1. The topological polar surface area (TPSA) is 49.7 Å². The van der Waals surface area contributed by atoms with Crippen molar-refractivity contribution in [3.05, 3.63) is 59.7 Å². The maximum atomic E-state index is 4.91. The molecule has 1 atom stereocenters. The first-order valence-corrected chi connectivity index (χ1v) is 9.45. The molecule has 5 nitrogen and oxygen atoms in total. The summed E-state index contributed by atoms with van der Waals surface area (Å²) in [7, 11) is 0.